The fourth-order valence-corrected chi connectivity index (χ4v) is 4.56. The first-order chi connectivity index (χ1) is 16.0. The van der Waals surface area contributed by atoms with Gasteiger partial charge in [0.05, 0.1) is 0 Å². The molecule has 2 fully saturated rings. The van der Waals surface area contributed by atoms with Crippen molar-refractivity contribution >= 4 is 17.8 Å². The Labute approximate surface area is 193 Å². The third-order valence-electron chi connectivity index (χ3n) is 6.21. The van der Waals surface area contributed by atoms with Gasteiger partial charge in [-0.1, -0.05) is 37.5 Å². The van der Waals surface area contributed by atoms with Crippen LogP contribution in [0.3, 0.4) is 0 Å². The first kappa shape index (κ1) is 22.9. The first-order valence-electron chi connectivity index (χ1n) is 11.6. The van der Waals surface area contributed by atoms with Crippen LogP contribution < -0.4 is 10.5 Å². The van der Waals surface area contributed by atoms with Gasteiger partial charge in [-0.3, -0.25) is 14.4 Å². The molecule has 176 valence electrons. The highest BCUT2D eigenvalue weighted by Crippen LogP contribution is 2.43. The number of nitrogens with zero attached hydrogens (tertiary/aromatic N) is 1. The first-order valence-corrected chi connectivity index (χ1v) is 11.6. The Morgan fingerprint density at radius 2 is 1.79 bits per heavy atom. The maximum atomic E-state index is 13.1. The van der Waals surface area contributed by atoms with E-state index in [1.165, 1.54) is 6.42 Å². The molecule has 0 radical (unpaired) electrons. The van der Waals surface area contributed by atoms with Crippen LogP contribution in [0.5, 0.6) is 5.75 Å². The van der Waals surface area contributed by atoms with Crippen molar-refractivity contribution in [2.45, 2.75) is 76.2 Å². The van der Waals surface area contributed by atoms with E-state index in [0.717, 1.165) is 25.7 Å². The van der Waals surface area contributed by atoms with Crippen LogP contribution >= 0.6 is 0 Å². The molecule has 1 aliphatic heterocycles. The minimum absolute atomic E-state index is 0.0102. The number of primary amides is 1. The van der Waals surface area contributed by atoms with Crippen LogP contribution in [0.4, 0.5) is 0 Å². The standard InChI is InChI=1S/C25H30N2O6/c26-21(28)12-7-13-22(29)31-16-19-14-15-20(32-19)23-24(33-18-10-5-2-6-11-18)25(30)27(23)17-8-3-1-4-9-17/h2,5-6,10-11,14-15,17,23-24H,1,3-4,7-9,12-13,16H2,(H2,26,28). The minimum Gasteiger partial charge on any atom is -0.478 e. The summed E-state index contributed by atoms with van der Waals surface area (Å²) in [7, 11) is 0. The van der Waals surface area contributed by atoms with Crippen LogP contribution in [0.15, 0.2) is 46.9 Å². The van der Waals surface area contributed by atoms with Gasteiger partial charge < -0.3 is 24.5 Å². The molecular formula is C25H30N2O6. The molecule has 2 N–H and O–H groups in total. The van der Waals surface area contributed by atoms with E-state index in [0.29, 0.717) is 23.7 Å². The van der Waals surface area contributed by atoms with Gasteiger partial charge in [-0.2, -0.15) is 0 Å². The van der Waals surface area contributed by atoms with Gasteiger partial charge in [-0.05, 0) is 43.5 Å². The molecule has 0 spiro atoms. The number of amides is 2. The molecule has 4 rings (SSSR count). The summed E-state index contributed by atoms with van der Waals surface area (Å²) in [6.07, 6.45) is 5.37. The van der Waals surface area contributed by atoms with Crippen molar-refractivity contribution in [1.82, 2.24) is 4.90 Å². The molecule has 2 unspecified atom stereocenters. The number of ether oxygens (including phenoxy) is 2. The van der Waals surface area contributed by atoms with E-state index < -0.39 is 18.0 Å². The van der Waals surface area contributed by atoms with E-state index in [2.05, 4.69) is 0 Å². The SMILES string of the molecule is NC(=O)CCCC(=O)OCc1ccc(C2C(Oc3ccccc3)C(=O)N2C2CCCCC2)o1. The zero-order valence-corrected chi connectivity index (χ0v) is 18.6. The zero-order chi connectivity index (χ0) is 23.2. The number of carbonyl (C=O) groups excluding carboxylic acids is 3. The Kier molecular flexibility index (Phi) is 7.32. The van der Waals surface area contributed by atoms with E-state index in [-0.39, 0.29) is 37.4 Å². The van der Waals surface area contributed by atoms with Crippen LogP contribution in [0.1, 0.15) is 68.9 Å². The fraction of sp³-hybridized carbons (Fsp3) is 0.480. The van der Waals surface area contributed by atoms with E-state index >= 15 is 0 Å². The average Bonchev–Trinajstić information content (AvgIpc) is 3.28. The van der Waals surface area contributed by atoms with Gasteiger partial charge in [0.25, 0.3) is 5.91 Å². The molecule has 1 aromatic heterocycles. The van der Waals surface area contributed by atoms with E-state index in [9.17, 15) is 14.4 Å². The molecule has 2 atom stereocenters. The van der Waals surface area contributed by atoms with Gasteiger partial charge in [0.2, 0.25) is 12.0 Å². The molecule has 33 heavy (non-hydrogen) atoms. The van der Waals surface area contributed by atoms with Gasteiger partial charge in [-0.25, -0.2) is 0 Å². The number of para-hydroxylation sites is 1. The molecule has 1 aromatic carbocycles. The molecule has 2 heterocycles. The molecule has 2 amide bonds. The third-order valence-corrected chi connectivity index (χ3v) is 6.21. The maximum Gasteiger partial charge on any atom is 0.306 e. The highest BCUT2D eigenvalue weighted by atomic mass is 16.5. The Morgan fingerprint density at radius 1 is 1.03 bits per heavy atom. The van der Waals surface area contributed by atoms with Crippen molar-refractivity contribution in [3.05, 3.63) is 54.0 Å². The molecule has 1 aliphatic carbocycles. The highest BCUT2D eigenvalue weighted by Gasteiger charge is 2.54. The maximum absolute atomic E-state index is 13.1. The Balaban J connectivity index is 1.43. The average molecular weight is 455 g/mol. The van der Waals surface area contributed by atoms with Crippen LogP contribution in [0.25, 0.3) is 0 Å². The zero-order valence-electron chi connectivity index (χ0n) is 18.6. The monoisotopic (exact) mass is 454 g/mol. The summed E-state index contributed by atoms with van der Waals surface area (Å²) < 4.78 is 17.3. The second kappa shape index (κ2) is 10.6. The van der Waals surface area contributed by atoms with Crippen molar-refractivity contribution in [2.75, 3.05) is 0 Å². The summed E-state index contributed by atoms with van der Waals surface area (Å²) in [6.45, 7) is -0.0102. The summed E-state index contributed by atoms with van der Waals surface area (Å²) in [5.41, 5.74) is 5.08. The largest absolute Gasteiger partial charge is 0.478 e. The summed E-state index contributed by atoms with van der Waals surface area (Å²) in [5, 5.41) is 0. The van der Waals surface area contributed by atoms with Gasteiger partial charge in [0, 0.05) is 18.9 Å². The van der Waals surface area contributed by atoms with Crippen LogP contribution in [0.2, 0.25) is 0 Å². The van der Waals surface area contributed by atoms with Gasteiger partial charge in [-0.15, -0.1) is 0 Å². The number of β-lactam (4-membered cyclic amide) rings is 1. The fourth-order valence-electron chi connectivity index (χ4n) is 4.56. The lowest BCUT2D eigenvalue weighted by Gasteiger charge is -2.50. The normalized spacial score (nSPS) is 20.8. The lowest BCUT2D eigenvalue weighted by molar-refractivity contribution is -0.172. The molecule has 0 bridgehead atoms. The van der Waals surface area contributed by atoms with E-state index in [4.69, 9.17) is 19.6 Å². The lowest BCUT2D eigenvalue weighted by Crippen LogP contribution is -2.64. The molecule has 1 saturated heterocycles. The highest BCUT2D eigenvalue weighted by molar-refractivity contribution is 5.89. The smallest absolute Gasteiger partial charge is 0.306 e. The molecule has 2 aromatic rings. The number of rotatable bonds is 10. The number of hydrogen-bond acceptors (Lipinski definition) is 6. The van der Waals surface area contributed by atoms with E-state index in [1.54, 1.807) is 6.07 Å². The molecule has 8 heteroatoms. The number of benzene rings is 1. The summed E-state index contributed by atoms with van der Waals surface area (Å²) in [6, 6.07) is 12.7. The second-order valence-electron chi connectivity index (χ2n) is 8.62. The quantitative estimate of drug-likeness (QED) is 0.433. The van der Waals surface area contributed by atoms with Crippen molar-refractivity contribution in [1.29, 1.82) is 0 Å². The topological polar surface area (TPSA) is 112 Å². The number of esters is 1. The number of carbonyl (C=O) groups is 3. The number of furan rings is 1. The summed E-state index contributed by atoms with van der Waals surface area (Å²) >= 11 is 0. The Hall–Kier alpha value is -3.29. The molecule has 8 nitrogen and oxygen atoms in total. The van der Waals surface area contributed by atoms with Gasteiger partial charge >= 0.3 is 5.97 Å². The lowest BCUT2D eigenvalue weighted by atomic mass is 9.86. The summed E-state index contributed by atoms with van der Waals surface area (Å²) in [5.74, 6) is 0.886. The van der Waals surface area contributed by atoms with Crippen LogP contribution in [-0.4, -0.2) is 34.8 Å². The number of hydrogen-bond donors (Lipinski definition) is 1. The second-order valence-corrected chi connectivity index (χ2v) is 8.62. The van der Waals surface area contributed by atoms with Crippen molar-refractivity contribution in [2.24, 2.45) is 5.73 Å². The van der Waals surface area contributed by atoms with Crippen LogP contribution in [0, 0.1) is 0 Å². The summed E-state index contributed by atoms with van der Waals surface area (Å²) in [4.78, 5) is 37.6. The molecule has 2 aliphatic rings. The molecular weight excluding hydrogens is 424 g/mol. The predicted octanol–water partition coefficient (Wildman–Crippen LogP) is 3.64. The van der Waals surface area contributed by atoms with E-state index in [1.807, 2.05) is 41.3 Å². The van der Waals surface area contributed by atoms with Gasteiger partial charge in [0.1, 0.15) is 29.9 Å². The Bertz CT molecular complexity index is 966. The van der Waals surface area contributed by atoms with Crippen molar-refractivity contribution in [3.8, 4) is 5.75 Å². The Morgan fingerprint density at radius 3 is 2.52 bits per heavy atom. The number of likely N-dealkylation sites (tertiary alicyclic amines) is 1. The van der Waals surface area contributed by atoms with Gasteiger partial charge in [0.15, 0.2) is 0 Å². The molecule has 1 saturated carbocycles. The predicted molar refractivity (Wildman–Crippen MR) is 119 cm³/mol. The third kappa shape index (κ3) is 5.56. The van der Waals surface area contributed by atoms with Crippen LogP contribution in [-0.2, 0) is 25.7 Å². The van der Waals surface area contributed by atoms with Crippen molar-refractivity contribution in [3.63, 3.8) is 0 Å². The van der Waals surface area contributed by atoms with Crippen molar-refractivity contribution < 1.29 is 28.3 Å². The minimum atomic E-state index is -0.648. The number of nitrogens with two attached hydrogens (primary N) is 1.